The van der Waals surface area contributed by atoms with Crippen LogP contribution < -0.4 is 11.2 Å². The van der Waals surface area contributed by atoms with Gasteiger partial charge >= 0.3 is 11.7 Å². The first-order chi connectivity index (χ1) is 14.5. The van der Waals surface area contributed by atoms with Crippen LogP contribution in [-0.4, -0.2) is 15.5 Å². The number of aromatic amines is 1. The molecule has 2 aromatic heterocycles. The number of hydrogen-bond acceptors (Lipinski definition) is 5. The van der Waals surface area contributed by atoms with Gasteiger partial charge in [0.25, 0.3) is 5.56 Å². The molecule has 2 aromatic carbocycles. The minimum atomic E-state index is -0.557. The number of halogens is 1. The molecule has 0 saturated heterocycles. The Balaban J connectivity index is 1.54. The van der Waals surface area contributed by atoms with Crippen LogP contribution in [0.25, 0.3) is 10.2 Å². The average molecular weight is 424 g/mol. The fraction of sp³-hybridized carbons (Fsp3) is 0.136. The number of thiophene rings is 1. The molecule has 0 atom stereocenters. The van der Waals surface area contributed by atoms with E-state index in [9.17, 15) is 18.8 Å². The molecule has 0 fully saturated rings. The van der Waals surface area contributed by atoms with Crippen molar-refractivity contribution in [3.8, 4) is 0 Å². The van der Waals surface area contributed by atoms with Gasteiger partial charge in [-0.2, -0.15) is 0 Å². The molecule has 0 unspecified atom stereocenters. The van der Waals surface area contributed by atoms with Gasteiger partial charge in [-0.05, 0) is 35.7 Å². The van der Waals surface area contributed by atoms with E-state index in [1.807, 2.05) is 30.3 Å². The smallest absolute Gasteiger partial charge is 0.348 e. The molecule has 0 aliphatic rings. The summed E-state index contributed by atoms with van der Waals surface area (Å²) in [6, 6.07) is 16.6. The third-order valence-corrected chi connectivity index (χ3v) is 5.66. The summed E-state index contributed by atoms with van der Waals surface area (Å²) in [5.41, 5.74) is 0.622. The standard InChI is InChI=1S/C22H17FN2O4S/c23-16-8-6-14(7-9-16)10-11-25-20(26)17-12-18(30-19(17)24-22(25)28)21(27)29-13-15-4-2-1-3-5-15/h1-9,12H,10-11,13H2,(H,24,28). The predicted molar refractivity (Wildman–Crippen MR) is 112 cm³/mol. The topological polar surface area (TPSA) is 81.2 Å². The normalized spacial score (nSPS) is 11.0. The summed E-state index contributed by atoms with van der Waals surface area (Å²) in [5.74, 6) is -0.904. The highest BCUT2D eigenvalue weighted by Gasteiger charge is 2.16. The van der Waals surface area contributed by atoms with Crippen LogP contribution in [0, 0.1) is 5.82 Å². The van der Waals surface area contributed by atoms with Crippen LogP contribution in [0.2, 0.25) is 0 Å². The SMILES string of the molecule is O=C(OCc1ccccc1)c1cc2c(=O)n(CCc3ccc(F)cc3)c(=O)[nH]c2s1. The number of nitrogens with zero attached hydrogens (tertiary/aromatic N) is 1. The van der Waals surface area contributed by atoms with Gasteiger partial charge in [0.2, 0.25) is 0 Å². The number of carbonyl (C=O) groups excluding carboxylic acids is 1. The second kappa shape index (κ2) is 8.46. The van der Waals surface area contributed by atoms with Crippen LogP contribution in [-0.2, 0) is 24.3 Å². The maximum atomic E-state index is 13.0. The zero-order valence-electron chi connectivity index (χ0n) is 15.8. The Morgan fingerprint density at radius 1 is 1.03 bits per heavy atom. The Morgan fingerprint density at radius 3 is 2.50 bits per heavy atom. The van der Waals surface area contributed by atoms with Crippen LogP contribution in [0.3, 0.4) is 0 Å². The van der Waals surface area contributed by atoms with E-state index in [0.717, 1.165) is 27.0 Å². The lowest BCUT2D eigenvalue weighted by atomic mass is 10.1. The van der Waals surface area contributed by atoms with Crippen molar-refractivity contribution in [1.29, 1.82) is 0 Å². The molecule has 0 radical (unpaired) electrons. The first kappa shape index (κ1) is 19.8. The molecule has 152 valence electrons. The number of carbonyl (C=O) groups is 1. The average Bonchev–Trinajstić information content (AvgIpc) is 3.18. The molecule has 0 bridgehead atoms. The summed E-state index contributed by atoms with van der Waals surface area (Å²) >= 11 is 1.01. The third-order valence-electron chi connectivity index (χ3n) is 4.62. The molecule has 6 nitrogen and oxygen atoms in total. The van der Waals surface area contributed by atoms with E-state index in [1.54, 1.807) is 12.1 Å². The number of rotatable bonds is 6. The molecule has 0 amide bonds. The quantitative estimate of drug-likeness (QED) is 0.481. The second-order valence-corrected chi connectivity index (χ2v) is 7.73. The molecule has 4 rings (SSSR count). The Hall–Kier alpha value is -3.52. The van der Waals surface area contributed by atoms with E-state index >= 15 is 0 Å². The lowest BCUT2D eigenvalue weighted by Crippen LogP contribution is -2.35. The minimum absolute atomic E-state index is 0.117. The van der Waals surface area contributed by atoms with E-state index in [0.29, 0.717) is 11.3 Å². The van der Waals surface area contributed by atoms with Crippen molar-refractivity contribution in [1.82, 2.24) is 9.55 Å². The van der Waals surface area contributed by atoms with Crippen molar-refractivity contribution >= 4 is 27.5 Å². The molecule has 0 saturated carbocycles. The van der Waals surface area contributed by atoms with Crippen LogP contribution in [0.4, 0.5) is 4.39 Å². The molecule has 1 N–H and O–H groups in total. The predicted octanol–water partition coefficient (Wildman–Crippen LogP) is 3.49. The number of esters is 1. The van der Waals surface area contributed by atoms with E-state index in [2.05, 4.69) is 4.98 Å². The van der Waals surface area contributed by atoms with Gasteiger partial charge in [0.15, 0.2) is 0 Å². The Morgan fingerprint density at radius 2 is 1.77 bits per heavy atom. The van der Waals surface area contributed by atoms with E-state index in [-0.39, 0.29) is 29.2 Å². The largest absolute Gasteiger partial charge is 0.457 e. The number of H-pyrrole nitrogens is 1. The lowest BCUT2D eigenvalue weighted by molar-refractivity contribution is 0.0478. The first-order valence-electron chi connectivity index (χ1n) is 9.23. The fourth-order valence-corrected chi connectivity index (χ4v) is 3.97. The van der Waals surface area contributed by atoms with Gasteiger partial charge in [-0.25, -0.2) is 14.0 Å². The van der Waals surface area contributed by atoms with Gasteiger partial charge in [0.05, 0.1) is 5.39 Å². The summed E-state index contributed by atoms with van der Waals surface area (Å²) < 4.78 is 19.4. The van der Waals surface area contributed by atoms with Gasteiger partial charge in [0.1, 0.15) is 22.1 Å². The van der Waals surface area contributed by atoms with Crippen molar-refractivity contribution in [3.63, 3.8) is 0 Å². The highest BCUT2D eigenvalue weighted by Crippen LogP contribution is 2.21. The number of hydrogen-bond donors (Lipinski definition) is 1. The molecular weight excluding hydrogens is 407 g/mol. The fourth-order valence-electron chi connectivity index (χ4n) is 3.03. The van der Waals surface area contributed by atoms with Gasteiger partial charge < -0.3 is 4.74 Å². The number of ether oxygens (including phenoxy) is 1. The van der Waals surface area contributed by atoms with E-state index in [4.69, 9.17) is 4.74 Å². The van der Waals surface area contributed by atoms with E-state index in [1.165, 1.54) is 18.2 Å². The lowest BCUT2D eigenvalue weighted by Gasteiger charge is -2.05. The monoisotopic (exact) mass is 424 g/mol. The molecule has 8 heteroatoms. The van der Waals surface area contributed by atoms with Gasteiger partial charge in [-0.1, -0.05) is 42.5 Å². The number of nitrogens with one attached hydrogen (secondary N) is 1. The molecule has 30 heavy (non-hydrogen) atoms. The molecule has 2 heterocycles. The van der Waals surface area contributed by atoms with Crippen LogP contribution in [0.1, 0.15) is 20.8 Å². The minimum Gasteiger partial charge on any atom is -0.457 e. The number of aromatic nitrogens is 2. The summed E-state index contributed by atoms with van der Waals surface area (Å²) in [7, 11) is 0. The maximum Gasteiger partial charge on any atom is 0.348 e. The van der Waals surface area contributed by atoms with Crippen molar-refractivity contribution in [2.75, 3.05) is 0 Å². The van der Waals surface area contributed by atoms with Gasteiger partial charge in [-0.3, -0.25) is 14.3 Å². The highest BCUT2D eigenvalue weighted by atomic mass is 32.1. The Labute approximate surface area is 174 Å². The molecule has 0 aliphatic heterocycles. The first-order valence-corrected chi connectivity index (χ1v) is 10.0. The molecule has 0 spiro atoms. The summed E-state index contributed by atoms with van der Waals surface area (Å²) in [4.78, 5) is 40.7. The van der Waals surface area contributed by atoms with Crippen LogP contribution >= 0.6 is 11.3 Å². The Kier molecular flexibility index (Phi) is 5.58. The molecule has 4 aromatic rings. The highest BCUT2D eigenvalue weighted by molar-refractivity contribution is 7.20. The summed E-state index contributed by atoms with van der Waals surface area (Å²) in [5, 5.41) is 0.255. The van der Waals surface area contributed by atoms with Crippen molar-refractivity contribution in [2.45, 2.75) is 19.6 Å². The van der Waals surface area contributed by atoms with Crippen molar-refractivity contribution in [3.05, 3.63) is 103 Å². The summed E-state index contributed by atoms with van der Waals surface area (Å²) in [6.07, 6.45) is 0.394. The van der Waals surface area contributed by atoms with Gasteiger partial charge in [0, 0.05) is 6.54 Å². The second-order valence-electron chi connectivity index (χ2n) is 6.68. The number of aryl methyl sites for hydroxylation is 1. The van der Waals surface area contributed by atoms with Crippen molar-refractivity contribution in [2.24, 2.45) is 0 Å². The van der Waals surface area contributed by atoms with Crippen LogP contribution in [0.5, 0.6) is 0 Å². The zero-order valence-corrected chi connectivity index (χ0v) is 16.6. The number of fused-ring (bicyclic) bond motifs is 1. The zero-order chi connectivity index (χ0) is 21.1. The molecular formula is C22H17FN2O4S. The van der Waals surface area contributed by atoms with E-state index < -0.39 is 17.2 Å². The van der Waals surface area contributed by atoms with Crippen molar-refractivity contribution < 1.29 is 13.9 Å². The molecule has 0 aliphatic carbocycles. The number of benzene rings is 2. The maximum absolute atomic E-state index is 13.0. The van der Waals surface area contributed by atoms with Gasteiger partial charge in [-0.15, -0.1) is 11.3 Å². The summed E-state index contributed by atoms with van der Waals surface area (Å²) in [6.45, 7) is 0.256. The Bertz CT molecular complexity index is 1310. The third kappa shape index (κ3) is 4.23. The van der Waals surface area contributed by atoms with Crippen LogP contribution in [0.15, 0.2) is 70.3 Å².